The standard InChI is InChI=1S/C15H12ClN3O2/c1-8-14(16)9(2)19(18-8)13-7-11(15(20)21)10-5-3-4-6-12(10)17-13/h3-7H,1-2H3,(H,20,21). The van der Waals surface area contributed by atoms with Gasteiger partial charge in [0.25, 0.3) is 0 Å². The molecule has 2 heterocycles. The molecule has 0 bridgehead atoms. The Morgan fingerprint density at radius 1 is 1.29 bits per heavy atom. The van der Waals surface area contributed by atoms with Crippen molar-refractivity contribution in [2.75, 3.05) is 0 Å². The van der Waals surface area contributed by atoms with Gasteiger partial charge in [-0.25, -0.2) is 14.5 Å². The van der Waals surface area contributed by atoms with Gasteiger partial charge >= 0.3 is 5.97 Å². The zero-order valence-corrected chi connectivity index (χ0v) is 12.2. The summed E-state index contributed by atoms with van der Waals surface area (Å²) in [7, 11) is 0. The van der Waals surface area contributed by atoms with E-state index in [2.05, 4.69) is 10.1 Å². The summed E-state index contributed by atoms with van der Waals surface area (Å²) in [6.07, 6.45) is 0. The van der Waals surface area contributed by atoms with Crippen LogP contribution in [0.1, 0.15) is 21.7 Å². The number of rotatable bonds is 2. The predicted octanol–water partition coefficient (Wildman–Crippen LogP) is 3.39. The molecule has 3 aromatic rings. The quantitative estimate of drug-likeness (QED) is 0.788. The largest absolute Gasteiger partial charge is 0.478 e. The van der Waals surface area contributed by atoms with Crippen molar-refractivity contribution in [3.05, 3.63) is 52.3 Å². The lowest BCUT2D eigenvalue weighted by molar-refractivity contribution is 0.0699. The molecule has 5 nitrogen and oxygen atoms in total. The van der Waals surface area contributed by atoms with Crippen molar-refractivity contribution in [3.8, 4) is 5.82 Å². The van der Waals surface area contributed by atoms with Gasteiger partial charge in [-0.3, -0.25) is 0 Å². The minimum Gasteiger partial charge on any atom is -0.478 e. The third-order valence-electron chi connectivity index (χ3n) is 3.35. The molecule has 0 unspecified atom stereocenters. The Morgan fingerprint density at radius 2 is 2.00 bits per heavy atom. The van der Waals surface area contributed by atoms with E-state index in [1.165, 1.54) is 6.07 Å². The highest BCUT2D eigenvalue weighted by molar-refractivity contribution is 6.31. The van der Waals surface area contributed by atoms with Gasteiger partial charge in [-0.1, -0.05) is 29.8 Å². The summed E-state index contributed by atoms with van der Waals surface area (Å²) in [5.74, 6) is -0.555. The maximum Gasteiger partial charge on any atom is 0.336 e. The lowest BCUT2D eigenvalue weighted by atomic mass is 10.1. The number of aryl methyl sites for hydroxylation is 1. The first-order valence-corrected chi connectivity index (χ1v) is 6.72. The van der Waals surface area contributed by atoms with Gasteiger partial charge in [-0.15, -0.1) is 0 Å². The molecule has 1 aromatic carbocycles. The molecular formula is C15H12ClN3O2. The number of hydrogen-bond acceptors (Lipinski definition) is 3. The number of aromatic nitrogens is 3. The van der Waals surface area contributed by atoms with E-state index in [-0.39, 0.29) is 5.56 Å². The van der Waals surface area contributed by atoms with Gasteiger partial charge < -0.3 is 5.11 Å². The molecule has 0 spiro atoms. The number of pyridine rings is 1. The average Bonchev–Trinajstić information content (AvgIpc) is 2.73. The molecule has 0 atom stereocenters. The SMILES string of the molecule is Cc1nn(-c2cc(C(=O)O)c3ccccc3n2)c(C)c1Cl. The number of nitrogens with zero attached hydrogens (tertiary/aromatic N) is 3. The smallest absolute Gasteiger partial charge is 0.336 e. The minimum absolute atomic E-state index is 0.194. The fraction of sp³-hybridized carbons (Fsp3) is 0.133. The van der Waals surface area contributed by atoms with Crippen LogP contribution in [0.5, 0.6) is 0 Å². The van der Waals surface area contributed by atoms with Crippen LogP contribution >= 0.6 is 11.6 Å². The molecule has 0 aliphatic heterocycles. The monoisotopic (exact) mass is 301 g/mol. The van der Waals surface area contributed by atoms with E-state index < -0.39 is 5.97 Å². The second-order valence-electron chi connectivity index (χ2n) is 4.75. The number of carbonyl (C=O) groups is 1. The van der Waals surface area contributed by atoms with Crippen LogP contribution in [0, 0.1) is 13.8 Å². The number of para-hydroxylation sites is 1. The maximum atomic E-state index is 11.5. The Balaban J connectivity index is 2.33. The molecule has 0 radical (unpaired) electrons. The molecule has 0 aliphatic rings. The van der Waals surface area contributed by atoms with Crippen LogP contribution in [-0.2, 0) is 0 Å². The fourth-order valence-electron chi connectivity index (χ4n) is 2.29. The van der Waals surface area contributed by atoms with E-state index >= 15 is 0 Å². The summed E-state index contributed by atoms with van der Waals surface area (Å²) in [6.45, 7) is 3.62. The summed E-state index contributed by atoms with van der Waals surface area (Å²) in [4.78, 5) is 16.0. The molecule has 0 amide bonds. The summed E-state index contributed by atoms with van der Waals surface area (Å²) in [5.41, 5.74) is 2.21. The molecule has 0 fully saturated rings. The molecule has 1 N–H and O–H groups in total. The van der Waals surface area contributed by atoms with E-state index in [4.69, 9.17) is 11.6 Å². The summed E-state index contributed by atoms with van der Waals surface area (Å²) in [5, 5.41) is 14.9. The van der Waals surface area contributed by atoms with E-state index in [1.54, 1.807) is 29.8 Å². The maximum absolute atomic E-state index is 11.5. The first kappa shape index (κ1) is 13.6. The van der Waals surface area contributed by atoms with Crippen molar-refractivity contribution in [1.82, 2.24) is 14.8 Å². The van der Waals surface area contributed by atoms with E-state index in [0.29, 0.717) is 27.4 Å². The topological polar surface area (TPSA) is 68.0 Å². The van der Waals surface area contributed by atoms with Crippen LogP contribution in [0.3, 0.4) is 0 Å². The summed E-state index contributed by atoms with van der Waals surface area (Å²) < 4.78 is 1.57. The Hall–Kier alpha value is -2.40. The number of fused-ring (bicyclic) bond motifs is 1. The minimum atomic E-state index is -0.998. The molecule has 6 heteroatoms. The molecule has 21 heavy (non-hydrogen) atoms. The predicted molar refractivity (Wildman–Crippen MR) is 80.3 cm³/mol. The zero-order chi connectivity index (χ0) is 15.1. The van der Waals surface area contributed by atoms with Crippen molar-refractivity contribution >= 4 is 28.5 Å². The second kappa shape index (κ2) is 4.86. The zero-order valence-electron chi connectivity index (χ0n) is 11.5. The number of halogens is 1. The van der Waals surface area contributed by atoms with Crippen LogP contribution in [0.4, 0.5) is 0 Å². The average molecular weight is 302 g/mol. The highest BCUT2D eigenvalue weighted by Gasteiger charge is 2.16. The van der Waals surface area contributed by atoms with Gasteiger partial charge in [0.2, 0.25) is 0 Å². The van der Waals surface area contributed by atoms with Gasteiger partial charge in [-0.05, 0) is 26.0 Å². The van der Waals surface area contributed by atoms with E-state index in [0.717, 1.165) is 5.69 Å². The van der Waals surface area contributed by atoms with Crippen LogP contribution in [-0.4, -0.2) is 25.8 Å². The molecule has 0 aliphatic carbocycles. The van der Waals surface area contributed by atoms with E-state index in [9.17, 15) is 9.90 Å². The lowest BCUT2D eigenvalue weighted by Crippen LogP contribution is -2.06. The first-order valence-electron chi connectivity index (χ1n) is 6.34. The molecule has 0 saturated carbocycles. The number of hydrogen-bond donors (Lipinski definition) is 1. The Kier molecular flexibility index (Phi) is 3.14. The summed E-state index contributed by atoms with van der Waals surface area (Å²) in [6, 6.07) is 8.64. The van der Waals surface area contributed by atoms with Crippen molar-refractivity contribution < 1.29 is 9.90 Å². The fourth-order valence-corrected chi connectivity index (χ4v) is 2.41. The number of carboxylic acid groups (broad SMARTS) is 1. The second-order valence-corrected chi connectivity index (χ2v) is 5.12. The van der Waals surface area contributed by atoms with Gasteiger partial charge in [-0.2, -0.15) is 5.10 Å². The van der Waals surface area contributed by atoms with Crippen molar-refractivity contribution in [2.45, 2.75) is 13.8 Å². The highest BCUT2D eigenvalue weighted by atomic mass is 35.5. The van der Waals surface area contributed by atoms with Gasteiger partial charge in [0.15, 0.2) is 5.82 Å². The molecule has 0 saturated heterocycles. The highest BCUT2D eigenvalue weighted by Crippen LogP contribution is 2.25. The third-order valence-corrected chi connectivity index (χ3v) is 3.90. The molecule has 3 rings (SSSR count). The van der Waals surface area contributed by atoms with Crippen molar-refractivity contribution in [1.29, 1.82) is 0 Å². The van der Waals surface area contributed by atoms with Crippen LogP contribution in [0.25, 0.3) is 16.7 Å². The molecule has 2 aromatic heterocycles. The Labute approximate surface area is 125 Å². The molecular weight excluding hydrogens is 290 g/mol. The number of aromatic carboxylic acids is 1. The van der Waals surface area contributed by atoms with Crippen LogP contribution in [0.15, 0.2) is 30.3 Å². The summed E-state index contributed by atoms with van der Waals surface area (Å²) >= 11 is 6.14. The number of carboxylic acids is 1. The van der Waals surface area contributed by atoms with Gasteiger partial charge in [0.1, 0.15) is 0 Å². The van der Waals surface area contributed by atoms with Gasteiger partial charge in [0.05, 0.1) is 27.5 Å². The molecule has 106 valence electrons. The Bertz CT molecular complexity index is 871. The van der Waals surface area contributed by atoms with E-state index in [1.807, 2.05) is 13.0 Å². The van der Waals surface area contributed by atoms with Crippen molar-refractivity contribution in [3.63, 3.8) is 0 Å². The first-order chi connectivity index (χ1) is 9.99. The number of benzene rings is 1. The van der Waals surface area contributed by atoms with Crippen molar-refractivity contribution in [2.24, 2.45) is 0 Å². The van der Waals surface area contributed by atoms with Crippen LogP contribution < -0.4 is 0 Å². The van der Waals surface area contributed by atoms with Gasteiger partial charge in [0, 0.05) is 5.39 Å². The van der Waals surface area contributed by atoms with Crippen LogP contribution in [0.2, 0.25) is 5.02 Å². The Morgan fingerprint density at radius 3 is 2.62 bits per heavy atom. The lowest BCUT2D eigenvalue weighted by Gasteiger charge is -2.08. The normalized spacial score (nSPS) is 11.0. The third kappa shape index (κ3) is 2.15.